The van der Waals surface area contributed by atoms with Crippen molar-refractivity contribution < 1.29 is 22.7 Å². The summed E-state index contributed by atoms with van der Waals surface area (Å²) < 4.78 is 41.5. The molecule has 16 heavy (non-hydrogen) atoms. The van der Waals surface area contributed by atoms with E-state index in [2.05, 4.69) is 24.4 Å². The van der Waals surface area contributed by atoms with E-state index < -0.39 is 26.3 Å². The highest BCUT2D eigenvalue weighted by Crippen LogP contribution is 2.27. The average molecular weight is 255 g/mol. The van der Waals surface area contributed by atoms with E-state index in [0.29, 0.717) is 6.04 Å². The van der Waals surface area contributed by atoms with Crippen molar-refractivity contribution in [3.63, 3.8) is 0 Å². The molecule has 0 fully saturated rings. The largest absolute Gasteiger partial charge is 0.453 e. The van der Waals surface area contributed by atoms with E-state index in [1.54, 1.807) is 6.42 Å². The summed E-state index contributed by atoms with van der Waals surface area (Å²) in [6.07, 6.45) is -5.16. The van der Waals surface area contributed by atoms with Crippen LogP contribution in [-0.2, 0) is 9.53 Å². The summed E-state index contributed by atoms with van der Waals surface area (Å²) in [6, 6.07) is 0.681. The van der Waals surface area contributed by atoms with E-state index in [1.165, 1.54) is 0 Å². The lowest BCUT2D eigenvalue weighted by Crippen LogP contribution is -2.34. The van der Waals surface area contributed by atoms with Gasteiger partial charge in [-0.1, -0.05) is 25.7 Å². The number of carbonyl (C=O) groups excluding carboxylic acids is 1. The van der Waals surface area contributed by atoms with Gasteiger partial charge in [0.1, 0.15) is 0 Å². The zero-order valence-electron chi connectivity index (χ0n) is 10.0. The van der Waals surface area contributed by atoms with Crippen LogP contribution in [0.1, 0.15) is 13.3 Å². The third-order valence-electron chi connectivity index (χ3n) is 1.81. The normalized spacial score (nSPS) is 14.7. The lowest BCUT2D eigenvalue weighted by atomic mass is 10.2. The van der Waals surface area contributed by atoms with E-state index in [0.717, 1.165) is 6.92 Å². The molecule has 95 valence electrons. The quantitative estimate of drug-likeness (QED) is 0.556. The SMILES string of the molecule is CC(=O)O[C@@H](C[CH]C[Si](C)(C)C)C(F)(F)F. The molecule has 1 atom stereocenters. The van der Waals surface area contributed by atoms with Crippen LogP contribution in [-0.4, -0.2) is 26.3 Å². The molecule has 2 nitrogen and oxygen atoms in total. The van der Waals surface area contributed by atoms with Crippen LogP contribution in [0, 0.1) is 6.42 Å². The number of carbonyl (C=O) groups is 1. The highest BCUT2D eigenvalue weighted by molar-refractivity contribution is 6.76. The molecule has 0 aliphatic heterocycles. The first-order valence-electron chi connectivity index (χ1n) is 5.08. The molecule has 0 aliphatic rings. The molecular weight excluding hydrogens is 237 g/mol. The molecule has 0 spiro atoms. The van der Waals surface area contributed by atoms with Crippen LogP contribution in [0.2, 0.25) is 25.7 Å². The fraction of sp³-hybridized carbons (Fsp3) is 0.800. The van der Waals surface area contributed by atoms with E-state index in [9.17, 15) is 18.0 Å². The van der Waals surface area contributed by atoms with Crippen molar-refractivity contribution in [1.29, 1.82) is 0 Å². The monoisotopic (exact) mass is 255 g/mol. The Morgan fingerprint density at radius 2 is 1.88 bits per heavy atom. The molecule has 0 aliphatic carbocycles. The second-order valence-electron chi connectivity index (χ2n) is 4.93. The minimum Gasteiger partial charge on any atom is -0.453 e. The zero-order chi connectivity index (χ0) is 13.0. The van der Waals surface area contributed by atoms with Crippen molar-refractivity contribution in [2.24, 2.45) is 0 Å². The van der Waals surface area contributed by atoms with Crippen molar-refractivity contribution in [2.75, 3.05) is 0 Å². The molecule has 0 heterocycles. The molecule has 1 radical (unpaired) electrons. The van der Waals surface area contributed by atoms with Gasteiger partial charge in [-0.2, -0.15) is 13.2 Å². The van der Waals surface area contributed by atoms with Gasteiger partial charge in [0.2, 0.25) is 0 Å². The molecule has 0 bridgehead atoms. The predicted molar refractivity (Wildman–Crippen MR) is 58.7 cm³/mol. The third-order valence-corrected chi connectivity index (χ3v) is 3.32. The van der Waals surface area contributed by atoms with Gasteiger partial charge in [-0.25, -0.2) is 0 Å². The second kappa shape index (κ2) is 5.70. The first-order chi connectivity index (χ1) is 7.02. The zero-order valence-corrected chi connectivity index (χ0v) is 11.0. The van der Waals surface area contributed by atoms with Crippen molar-refractivity contribution >= 4 is 14.0 Å². The maximum absolute atomic E-state index is 12.4. The lowest BCUT2D eigenvalue weighted by molar-refractivity contribution is -0.219. The molecule has 0 N–H and O–H groups in total. The van der Waals surface area contributed by atoms with Gasteiger partial charge >= 0.3 is 12.1 Å². The molecule has 0 aromatic heterocycles. The molecule has 0 amide bonds. The van der Waals surface area contributed by atoms with Gasteiger partial charge in [0.25, 0.3) is 0 Å². The van der Waals surface area contributed by atoms with Crippen molar-refractivity contribution in [3.8, 4) is 0 Å². The Bertz CT molecular complexity index is 233. The fourth-order valence-corrected chi connectivity index (χ4v) is 2.15. The standard InChI is InChI=1S/C10H18F3O2Si/c1-8(14)15-9(10(11,12)13)6-5-7-16(2,3)4/h5,9H,6-7H2,1-4H3/t9-/m0/s1. The van der Waals surface area contributed by atoms with Gasteiger partial charge in [-0.3, -0.25) is 4.79 Å². The Kier molecular flexibility index (Phi) is 5.51. The lowest BCUT2D eigenvalue weighted by Gasteiger charge is -2.21. The van der Waals surface area contributed by atoms with Crippen molar-refractivity contribution in [2.45, 2.75) is 51.3 Å². The van der Waals surface area contributed by atoms with Crippen LogP contribution < -0.4 is 0 Å². The number of alkyl halides is 3. The maximum atomic E-state index is 12.4. The number of rotatable bonds is 5. The van der Waals surface area contributed by atoms with Gasteiger partial charge in [-0.05, 0) is 12.8 Å². The first kappa shape index (κ1) is 15.5. The maximum Gasteiger partial charge on any atom is 0.425 e. The van der Waals surface area contributed by atoms with Gasteiger partial charge in [0, 0.05) is 15.0 Å². The third kappa shape index (κ3) is 7.73. The van der Waals surface area contributed by atoms with Gasteiger partial charge in [0.15, 0.2) is 6.10 Å². The van der Waals surface area contributed by atoms with E-state index in [4.69, 9.17) is 0 Å². The summed E-state index contributed by atoms with van der Waals surface area (Å²) in [5.41, 5.74) is 0. The molecule has 0 aromatic rings. The Hall–Kier alpha value is -0.523. The van der Waals surface area contributed by atoms with Crippen LogP contribution in [0.15, 0.2) is 0 Å². The van der Waals surface area contributed by atoms with Crippen LogP contribution in [0.5, 0.6) is 0 Å². The van der Waals surface area contributed by atoms with Gasteiger partial charge in [-0.15, -0.1) is 0 Å². The average Bonchev–Trinajstić information content (AvgIpc) is 1.97. The minimum absolute atomic E-state index is 0.257. The topological polar surface area (TPSA) is 26.3 Å². The number of halogens is 3. The number of hydrogen-bond donors (Lipinski definition) is 0. The number of ether oxygens (including phenoxy) is 1. The van der Waals surface area contributed by atoms with Crippen LogP contribution in [0.4, 0.5) is 13.2 Å². The molecule has 0 unspecified atom stereocenters. The Balaban J connectivity index is 4.19. The summed E-state index contributed by atoms with van der Waals surface area (Å²) in [7, 11) is -1.39. The van der Waals surface area contributed by atoms with E-state index in [1.807, 2.05) is 0 Å². The van der Waals surface area contributed by atoms with Crippen molar-refractivity contribution in [3.05, 3.63) is 6.42 Å². The summed E-state index contributed by atoms with van der Waals surface area (Å²) in [5, 5.41) is 0. The fourth-order valence-electron chi connectivity index (χ4n) is 1.12. The van der Waals surface area contributed by atoms with Crippen LogP contribution >= 0.6 is 0 Å². The second-order valence-corrected chi connectivity index (χ2v) is 10.5. The minimum atomic E-state index is -4.48. The molecule has 0 rings (SSSR count). The Morgan fingerprint density at radius 3 is 2.19 bits per heavy atom. The highest BCUT2D eigenvalue weighted by atomic mass is 28.3. The summed E-state index contributed by atoms with van der Waals surface area (Å²) >= 11 is 0. The Labute approximate surface area is 95.2 Å². The molecule has 0 aromatic carbocycles. The van der Waals surface area contributed by atoms with Crippen molar-refractivity contribution in [1.82, 2.24) is 0 Å². The Morgan fingerprint density at radius 1 is 1.38 bits per heavy atom. The molecule has 6 heteroatoms. The van der Waals surface area contributed by atoms with Crippen LogP contribution in [0.25, 0.3) is 0 Å². The summed E-state index contributed by atoms with van der Waals surface area (Å²) in [4.78, 5) is 10.5. The number of hydrogen-bond acceptors (Lipinski definition) is 2. The molecule has 0 saturated carbocycles. The predicted octanol–water partition coefficient (Wildman–Crippen LogP) is 3.41. The van der Waals surface area contributed by atoms with Gasteiger partial charge < -0.3 is 4.74 Å². The van der Waals surface area contributed by atoms with E-state index >= 15 is 0 Å². The molecular formula is C10H18F3O2Si. The van der Waals surface area contributed by atoms with Gasteiger partial charge in [0.05, 0.1) is 0 Å². The first-order valence-corrected chi connectivity index (χ1v) is 8.78. The molecule has 0 saturated heterocycles. The summed E-state index contributed by atoms with van der Waals surface area (Å²) in [5.74, 6) is -0.899. The number of esters is 1. The highest BCUT2D eigenvalue weighted by Gasteiger charge is 2.42. The summed E-state index contributed by atoms with van der Waals surface area (Å²) in [6.45, 7) is 7.19. The van der Waals surface area contributed by atoms with E-state index in [-0.39, 0.29) is 6.42 Å². The smallest absolute Gasteiger partial charge is 0.425 e. The van der Waals surface area contributed by atoms with Crippen LogP contribution in [0.3, 0.4) is 0 Å².